The molecule has 0 saturated carbocycles. The first-order valence-corrected chi connectivity index (χ1v) is 14.3. The molecule has 7 nitrogen and oxygen atoms in total. The first-order valence-electron chi connectivity index (χ1n) is 12.1. The molecule has 3 aromatic rings. The lowest BCUT2D eigenvalue weighted by Crippen LogP contribution is -2.53. The van der Waals surface area contributed by atoms with Crippen LogP contribution in [0.3, 0.4) is 0 Å². The molecule has 0 bridgehead atoms. The van der Waals surface area contributed by atoms with Crippen molar-refractivity contribution in [2.24, 2.45) is 0 Å². The molecule has 202 valence electrons. The Balaban J connectivity index is 2.06. The highest BCUT2D eigenvalue weighted by Gasteiger charge is 2.33. The highest BCUT2D eigenvalue weighted by Crippen LogP contribution is 2.28. The van der Waals surface area contributed by atoms with E-state index in [0.29, 0.717) is 22.7 Å². The molecule has 0 aliphatic carbocycles. The predicted octanol–water partition coefficient (Wildman–Crippen LogP) is 4.33. The lowest BCUT2D eigenvalue weighted by molar-refractivity contribution is -0.140. The fourth-order valence-corrected chi connectivity index (χ4v) is 5.16. The first-order chi connectivity index (χ1) is 18.0. The topological polar surface area (TPSA) is 86.8 Å². The summed E-state index contributed by atoms with van der Waals surface area (Å²) in [6.45, 7) is 3.21. The molecule has 10 heteroatoms. The summed E-state index contributed by atoms with van der Waals surface area (Å²) >= 11 is 6.24. The summed E-state index contributed by atoms with van der Waals surface area (Å²) in [7, 11) is -3.90. The fourth-order valence-electron chi connectivity index (χ4n) is 4.09. The molecule has 2 amide bonds. The van der Waals surface area contributed by atoms with E-state index >= 15 is 0 Å². The van der Waals surface area contributed by atoms with Gasteiger partial charge in [-0.3, -0.25) is 13.9 Å². The molecule has 0 radical (unpaired) electrons. The van der Waals surface area contributed by atoms with E-state index in [2.05, 4.69) is 5.32 Å². The van der Waals surface area contributed by atoms with Crippen molar-refractivity contribution in [2.75, 3.05) is 23.7 Å². The second-order valence-electron chi connectivity index (χ2n) is 8.90. The number of carbonyl (C=O) groups is 2. The maximum absolute atomic E-state index is 13.9. The third-order valence-electron chi connectivity index (χ3n) is 6.08. The quantitative estimate of drug-likeness (QED) is 0.379. The Morgan fingerprint density at radius 2 is 1.63 bits per heavy atom. The zero-order valence-corrected chi connectivity index (χ0v) is 23.1. The number of likely N-dealkylation sites (N-methyl/N-ethyl adjacent to an activating group) is 1. The van der Waals surface area contributed by atoms with Gasteiger partial charge in [0.2, 0.25) is 21.8 Å². The van der Waals surface area contributed by atoms with Crippen LogP contribution < -0.4 is 9.62 Å². The number of carbonyl (C=O) groups excluding carboxylic acids is 2. The van der Waals surface area contributed by atoms with Crippen molar-refractivity contribution in [3.05, 3.63) is 100 Å². The van der Waals surface area contributed by atoms with Crippen LogP contribution in [0.1, 0.15) is 23.6 Å². The molecular formula is C28H31ClFN3O4S. The van der Waals surface area contributed by atoms with E-state index in [4.69, 9.17) is 11.6 Å². The summed E-state index contributed by atoms with van der Waals surface area (Å²) in [5, 5.41) is 3.14. The number of amides is 2. The Kier molecular flexibility index (Phi) is 9.88. The Bertz CT molecular complexity index is 1370. The molecule has 38 heavy (non-hydrogen) atoms. The fraction of sp³-hybridized carbons (Fsp3) is 0.286. The van der Waals surface area contributed by atoms with Gasteiger partial charge in [0, 0.05) is 24.5 Å². The third kappa shape index (κ3) is 7.55. The van der Waals surface area contributed by atoms with Crippen LogP contribution in [0.5, 0.6) is 0 Å². The number of benzene rings is 3. The average Bonchev–Trinajstić information content (AvgIpc) is 2.87. The number of anilines is 1. The van der Waals surface area contributed by atoms with Gasteiger partial charge in [0.1, 0.15) is 18.4 Å². The third-order valence-corrected chi connectivity index (χ3v) is 7.61. The van der Waals surface area contributed by atoms with Crippen molar-refractivity contribution in [3.8, 4) is 0 Å². The van der Waals surface area contributed by atoms with Gasteiger partial charge < -0.3 is 10.2 Å². The highest BCUT2D eigenvalue weighted by molar-refractivity contribution is 7.92. The molecule has 0 aromatic heterocycles. The van der Waals surface area contributed by atoms with Crippen LogP contribution in [0.15, 0.2) is 72.8 Å². The SMILES string of the molecule is CCNC(=O)C(Cc1ccccc1)N(Cc1ccc(F)cc1)C(=O)CN(c1cccc(Cl)c1C)S(C)(=O)=O. The van der Waals surface area contributed by atoms with Crippen LogP contribution in [0.4, 0.5) is 10.1 Å². The van der Waals surface area contributed by atoms with Crippen LogP contribution in [-0.4, -0.2) is 50.5 Å². The number of hydrogen-bond acceptors (Lipinski definition) is 4. The van der Waals surface area contributed by atoms with Gasteiger partial charge in [-0.25, -0.2) is 12.8 Å². The minimum absolute atomic E-state index is 0.0279. The maximum atomic E-state index is 13.9. The number of rotatable bonds is 11. The second-order valence-corrected chi connectivity index (χ2v) is 11.2. The van der Waals surface area contributed by atoms with E-state index in [1.807, 2.05) is 30.3 Å². The highest BCUT2D eigenvalue weighted by atomic mass is 35.5. The maximum Gasteiger partial charge on any atom is 0.244 e. The monoisotopic (exact) mass is 559 g/mol. The van der Waals surface area contributed by atoms with E-state index in [9.17, 15) is 22.4 Å². The molecule has 0 aliphatic heterocycles. The summed E-state index contributed by atoms with van der Waals surface area (Å²) in [5.74, 6) is -1.40. The molecule has 1 atom stereocenters. The molecule has 1 unspecified atom stereocenters. The van der Waals surface area contributed by atoms with Crippen molar-refractivity contribution >= 4 is 39.1 Å². The molecule has 0 heterocycles. The second kappa shape index (κ2) is 12.9. The summed E-state index contributed by atoms with van der Waals surface area (Å²) in [6, 6.07) is 18.7. The molecule has 0 fully saturated rings. The minimum Gasteiger partial charge on any atom is -0.355 e. The van der Waals surface area contributed by atoms with E-state index in [1.54, 1.807) is 32.0 Å². The molecule has 3 rings (SSSR count). The minimum atomic E-state index is -3.90. The van der Waals surface area contributed by atoms with Crippen molar-refractivity contribution < 1.29 is 22.4 Å². The van der Waals surface area contributed by atoms with Crippen molar-refractivity contribution in [2.45, 2.75) is 32.9 Å². The van der Waals surface area contributed by atoms with Crippen molar-refractivity contribution in [1.29, 1.82) is 0 Å². The molecule has 0 spiro atoms. The molecule has 3 aromatic carbocycles. The van der Waals surface area contributed by atoms with Crippen LogP contribution in [0.25, 0.3) is 0 Å². The van der Waals surface area contributed by atoms with Crippen molar-refractivity contribution in [1.82, 2.24) is 10.2 Å². The number of nitrogens with one attached hydrogen (secondary N) is 1. The standard InChI is InChI=1S/C28H31ClFN3O4S/c1-4-31-28(35)26(17-21-9-6-5-7-10-21)32(18-22-13-15-23(30)16-14-22)27(34)19-33(38(3,36)37)25-12-8-11-24(29)20(25)2/h5-16,26H,4,17-19H2,1-3H3,(H,31,35). The average molecular weight is 560 g/mol. The van der Waals surface area contributed by atoms with Gasteiger partial charge >= 0.3 is 0 Å². The van der Waals surface area contributed by atoms with Crippen LogP contribution >= 0.6 is 11.6 Å². The first kappa shape index (κ1) is 29.1. The van der Waals surface area contributed by atoms with Gasteiger partial charge in [0.05, 0.1) is 11.9 Å². The molecular weight excluding hydrogens is 529 g/mol. The molecule has 0 aliphatic rings. The van der Waals surface area contributed by atoms with E-state index < -0.39 is 34.3 Å². The summed E-state index contributed by atoms with van der Waals surface area (Å²) in [5.41, 5.74) is 2.19. The predicted molar refractivity (Wildman–Crippen MR) is 148 cm³/mol. The normalized spacial score (nSPS) is 12.0. The Hall–Kier alpha value is -3.43. The number of hydrogen-bond donors (Lipinski definition) is 1. The largest absolute Gasteiger partial charge is 0.355 e. The lowest BCUT2D eigenvalue weighted by Gasteiger charge is -2.33. The summed E-state index contributed by atoms with van der Waals surface area (Å²) in [6.07, 6.45) is 1.21. The summed E-state index contributed by atoms with van der Waals surface area (Å²) in [4.78, 5) is 28.5. The van der Waals surface area contributed by atoms with Crippen LogP contribution in [0, 0.1) is 12.7 Å². The lowest BCUT2D eigenvalue weighted by atomic mass is 10.0. The van der Waals surface area contributed by atoms with Gasteiger partial charge in [-0.2, -0.15) is 0 Å². The van der Waals surface area contributed by atoms with Gasteiger partial charge in [0.25, 0.3) is 0 Å². The number of sulfonamides is 1. The summed E-state index contributed by atoms with van der Waals surface area (Å²) < 4.78 is 40.3. The Labute approximate surface area is 228 Å². The molecule has 0 saturated heterocycles. The smallest absolute Gasteiger partial charge is 0.244 e. The van der Waals surface area contributed by atoms with Gasteiger partial charge in [0.15, 0.2) is 0 Å². The Morgan fingerprint density at radius 3 is 2.24 bits per heavy atom. The van der Waals surface area contributed by atoms with Crippen LogP contribution in [-0.2, 0) is 32.6 Å². The van der Waals surface area contributed by atoms with Gasteiger partial charge in [-0.15, -0.1) is 0 Å². The van der Waals surface area contributed by atoms with E-state index in [-0.39, 0.29) is 24.6 Å². The van der Waals surface area contributed by atoms with E-state index in [0.717, 1.165) is 16.1 Å². The zero-order chi connectivity index (χ0) is 27.9. The van der Waals surface area contributed by atoms with Gasteiger partial charge in [-0.1, -0.05) is 60.1 Å². The van der Waals surface area contributed by atoms with E-state index in [1.165, 1.54) is 29.2 Å². The number of nitrogens with zero attached hydrogens (tertiary/aromatic N) is 2. The van der Waals surface area contributed by atoms with Gasteiger partial charge in [-0.05, 0) is 54.8 Å². The Morgan fingerprint density at radius 1 is 0.974 bits per heavy atom. The van der Waals surface area contributed by atoms with Crippen LogP contribution in [0.2, 0.25) is 5.02 Å². The number of halogens is 2. The van der Waals surface area contributed by atoms with Crippen molar-refractivity contribution in [3.63, 3.8) is 0 Å². The zero-order valence-electron chi connectivity index (χ0n) is 21.5. The molecule has 1 N–H and O–H groups in total.